The Morgan fingerprint density at radius 2 is 2.06 bits per heavy atom. The van der Waals surface area contributed by atoms with Gasteiger partial charge in [-0.3, -0.25) is 4.79 Å². The van der Waals surface area contributed by atoms with Crippen LogP contribution in [0.25, 0.3) is 0 Å². The van der Waals surface area contributed by atoms with Gasteiger partial charge in [-0.25, -0.2) is 0 Å². The summed E-state index contributed by atoms with van der Waals surface area (Å²) in [6.07, 6.45) is -2.60. The number of halogens is 3. The quantitative estimate of drug-likeness (QED) is 0.809. The van der Waals surface area contributed by atoms with Crippen LogP contribution in [0.1, 0.15) is 17.5 Å². The highest BCUT2D eigenvalue weighted by molar-refractivity contribution is 5.95. The van der Waals surface area contributed by atoms with E-state index in [9.17, 15) is 18.0 Å². The zero-order chi connectivity index (χ0) is 13.3. The molecule has 0 spiro atoms. The fraction of sp³-hybridized carbons (Fsp3) is 0.417. The van der Waals surface area contributed by atoms with Crippen molar-refractivity contribution in [2.24, 2.45) is 5.73 Å². The molecule has 0 saturated carbocycles. The van der Waals surface area contributed by atoms with Gasteiger partial charge < -0.3 is 11.1 Å². The normalized spacial score (nSPS) is 19.2. The molecule has 0 bridgehead atoms. The number of carbonyl (C=O) groups excluding carboxylic acids is 1. The Hall–Kier alpha value is -1.56. The molecule has 3 N–H and O–H groups in total. The Labute approximate surface area is 102 Å². The van der Waals surface area contributed by atoms with Crippen molar-refractivity contribution in [1.29, 1.82) is 0 Å². The molecule has 1 aliphatic carbocycles. The standard InChI is InChI=1S/C12H13F3N2O/c13-12(14,15)11(18)17-10-4-2-7-5-9(16)3-1-8(7)6-10/h2,4,6,9H,1,3,5,16H2,(H,17,18). The summed E-state index contributed by atoms with van der Waals surface area (Å²) in [6, 6.07) is 4.89. The summed E-state index contributed by atoms with van der Waals surface area (Å²) in [5.41, 5.74) is 7.98. The predicted molar refractivity (Wildman–Crippen MR) is 61.1 cm³/mol. The summed E-state index contributed by atoms with van der Waals surface area (Å²) in [6.45, 7) is 0. The van der Waals surface area contributed by atoms with Gasteiger partial charge in [0.15, 0.2) is 0 Å². The number of alkyl halides is 3. The lowest BCUT2D eigenvalue weighted by Gasteiger charge is -2.22. The lowest BCUT2D eigenvalue weighted by Crippen LogP contribution is -2.30. The molecule has 1 aromatic rings. The van der Waals surface area contributed by atoms with Gasteiger partial charge >= 0.3 is 12.1 Å². The molecule has 1 aromatic carbocycles. The molecule has 0 heterocycles. The summed E-state index contributed by atoms with van der Waals surface area (Å²) in [4.78, 5) is 10.8. The maximum absolute atomic E-state index is 12.1. The minimum atomic E-state index is -4.86. The number of hydrogen-bond donors (Lipinski definition) is 2. The summed E-state index contributed by atoms with van der Waals surface area (Å²) in [7, 11) is 0. The predicted octanol–water partition coefficient (Wildman–Crippen LogP) is 2.00. The van der Waals surface area contributed by atoms with Crippen LogP contribution in [0.2, 0.25) is 0 Å². The van der Waals surface area contributed by atoms with Crippen LogP contribution >= 0.6 is 0 Å². The zero-order valence-corrected chi connectivity index (χ0v) is 9.55. The maximum atomic E-state index is 12.1. The number of rotatable bonds is 1. The Kier molecular flexibility index (Phi) is 3.30. The summed E-state index contributed by atoms with van der Waals surface area (Å²) >= 11 is 0. The minimum absolute atomic E-state index is 0.105. The van der Waals surface area contributed by atoms with Crippen molar-refractivity contribution in [3.63, 3.8) is 0 Å². The third kappa shape index (κ3) is 2.81. The monoisotopic (exact) mass is 258 g/mol. The second-order valence-corrected chi connectivity index (χ2v) is 4.44. The number of aryl methyl sites for hydroxylation is 1. The second-order valence-electron chi connectivity index (χ2n) is 4.44. The van der Waals surface area contributed by atoms with E-state index in [2.05, 4.69) is 0 Å². The van der Waals surface area contributed by atoms with Crippen molar-refractivity contribution in [1.82, 2.24) is 0 Å². The van der Waals surface area contributed by atoms with Gasteiger partial charge in [0.2, 0.25) is 0 Å². The average molecular weight is 258 g/mol. The summed E-state index contributed by atoms with van der Waals surface area (Å²) in [5.74, 6) is -1.95. The van der Waals surface area contributed by atoms with E-state index < -0.39 is 12.1 Å². The van der Waals surface area contributed by atoms with Gasteiger partial charge in [-0.05, 0) is 42.5 Å². The number of nitrogens with two attached hydrogens (primary N) is 1. The van der Waals surface area contributed by atoms with Crippen LogP contribution in [0, 0.1) is 0 Å². The molecule has 1 unspecified atom stereocenters. The molecule has 0 aliphatic heterocycles. The van der Waals surface area contributed by atoms with Crippen molar-refractivity contribution in [2.45, 2.75) is 31.5 Å². The summed E-state index contributed by atoms with van der Waals surface area (Å²) in [5, 5.41) is 1.85. The van der Waals surface area contributed by atoms with E-state index >= 15 is 0 Å². The molecular weight excluding hydrogens is 245 g/mol. The summed E-state index contributed by atoms with van der Waals surface area (Å²) < 4.78 is 36.3. The van der Waals surface area contributed by atoms with Gasteiger partial charge in [0, 0.05) is 11.7 Å². The Morgan fingerprint density at radius 3 is 2.72 bits per heavy atom. The average Bonchev–Trinajstić information content (AvgIpc) is 2.28. The van der Waals surface area contributed by atoms with Crippen LogP contribution in [-0.4, -0.2) is 18.1 Å². The van der Waals surface area contributed by atoms with Gasteiger partial charge in [-0.1, -0.05) is 6.07 Å². The molecule has 1 amide bonds. The fourth-order valence-electron chi connectivity index (χ4n) is 2.06. The minimum Gasteiger partial charge on any atom is -0.327 e. The molecule has 18 heavy (non-hydrogen) atoms. The molecule has 98 valence electrons. The van der Waals surface area contributed by atoms with E-state index in [1.807, 2.05) is 5.32 Å². The van der Waals surface area contributed by atoms with E-state index in [0.29, 0.717) is 0 Å². The second kappa shape index (κ2) is 4.61. The van der Waals surface area contributed by atoms with E-state index in [1.165, 1.54) is 6.07 Å². The molecule has 2 rings (SSSR count). The Balaban J connectivity index is 2.15. The van der Waals surface area contributed by atoms with Crippen LogP contribution in [0.3, 0.4) is 0 Å². The van der Waals surface area contributed by atoms with Crippen molar-refractivity contribution >= 4 is 11.6 Å². The zero-order valence-electron chi connectivity index (χ0n) is 9.55. The van der Waals surface area contributed by atoms with Crippen molar-refractivity contribution < 1.29 is 18.0 Å². The third-order valence-electron chi connectivity index (χ3n) is 2.99. The molecule has 3 nitrogen and oxygen atoms in total. The van der Waals surface area contributed by atoms with Crippen LogP contribution in [-0.2, 0) is 17.6 Å². The molecule has 0 aromatic heterocycles. The molecule has 0 saturated heterocycles. The highest BCUT2D eigenvalue weighted by Crippen LogP contribution is 2.25. The molecule has 1 aliphatic rings. The third-order valence-corrected chi connectivity index (χ3v) is 2.99. The Morgan fingerprint density at radius 1 is 1.33 bits per heavy atom. The first-order valence-electron chi connectivity index (χ1n) is 5.62. The van der Waals surface area contributed by atoms with E-state index in [4.69, 9.17) is 5.73 Å². The Bertz CT molecular complexity index is 471. The molecular formula is C12H13F3N2O. The first kappa shape index (κ1) is 12.9. The van der Waals surface area contributed by atoms with Crippen molar-refractivity contribution in [3.8, 4) is 0 Å². The van der Waals surface area contributed by atoms with Crippen LogP contribution < -0.4 is 11.1 Å². The van der Waals surface area contributed by atoms with Crippen LogP contribution in [0.5, 0.6) is 0 Å². The number of carbonyl (C=O) groups is 1. The molecule has 0 fully saturated rings. The van der Waals surface area contributed by atoms with Gasteiger partial charge in [-0.2, -0.15) is 13.2 Å². The first-order valence-corrected chi connectivity index (χ1v) is 5.62. The van der Waals surface area contributed by atoms with Gasteiger partial charge in [0.25, 0.3) is 0 Å². The smallest absolute Gasteiger partial charge is 0.327 e. The lowest BCUT2D eigenvalue weighted by molar-refractivity contribution is -0.167. The van der Waals surface area contributed by atoms with E-state index in [-0.39, 0.29) is 11.7 Å². The maximum Gasteiger partial charge on any atom is 0.471 e. The number of anilines is 1. The van der Waals surface area contributed by atoms with Gasteiger partial charge in [0.05, 0.1) is 0 Å². The van der Waals surface area contributed by atoms with Gasteiger partial charge in [0.1, 0.15) is 0 Å². The van der Waals surface area contributed by atoms with Crippen LogP contribution in [0.4, 0.5) is 18.9 Å². The molecule has 0 radical (unpaired) electrons. The highest BCUT2D eigenvalue weighted by atomic mass is 19.4. The number of benzene rings is 1. The number of hydrogen-bond acceptors (Lipinski definition) is 2. The lowest BCUT2D eigenvalue weighted by atomic mass is 9.88. The van der Waals surface area contributed by atoms with Crippen LogP contribution in [0.15, 0.2) is 18.2 Å². The largest absolute Gasteiger partial charge is 0.471 e. The SMILES string of the molecule is NC1CCc2cc(NC(=O)C(F)(F)F)ccc2C1. The highest BCUT2D eigenvalue weighted by Gasteiger charge is 2.38. The first-order chi connectivity index (χ1) is 8.36. The topological polar surface area (TPSA) is 55.1 Å². The van der Waals surface area contributed by atoms with E-state index in [1.54, 1.807) is 12.1 Å². The molecule has 6 heteroatoms. The van der Waals surface area contributed by atoms with Crippen molar-refractivity contribution in [3.05, 3.63) is 29.3 Å². The number of amides is 1. The number of nitrogens with one attached hydrogen (secondary N) is 1. The van der Waals surface area contributed by atoms with E-state index in [0.717, 1.165) is 30.4 Å². The fourth-order valence-corrected chi connectivity index (χ4v) is 2.06. The number of fused-ring (bicyclic) bond motifs is 1. The molecule has 1 atom stereocenters. The van der Waals surface area contributed by atoms with Crippen molar-refractivity contribution in [2.75, 3.05) is 5.32 Å². The van der Waals surface area contributed by atoms with Gasteiger partial charge in [-0.15, -0.1) is 0 Å².